The number of rotatable bonds is 18. The maximum atomic E-state index is 12.5. The fourth-order valence-electron chi connectivity index (χ4n) is 4.16. The van der Waals surface area contributed by atoms with E-state index in [-0.39, 0.29) is 0 Å². The van der Waals surface area contributed by atoms with Crippen molar-refractivity contribution in [1.29, 1.82) is 0 Å². The van der Waals surface area contributed by atoms with Crippen molar-refractivity contribution >= 4 is 23.2 Å². The molecule has 0 saturated carbocycles. The van der Waals surface area contributed by atoms with Crippen LogP contribution in [-0.4, -0.2) is 25.0 Å². The first-order valence-electron chi connectivity index (χ1n) is 15.2. The third-order valence-electron chi connectivity index (χ3n) is 6.69. The van der Waals surface area contributed by atoms with Crippen LogP contribution < -0.4 is 20.3 Å². The number of ether oxygens (including phenoxy) is 2. The fraction of sp³-hybridized carbons (Fsp3) is 0.412. The van der Waals surface area contributed by atoms with Crippen LogP contribution in [0, 0.1) is 0 Å². The number of nitrogens with one attached hydrogen (secondary N) is 2. The van der Waals surface area contributed by atoms with Crippen LogP contribution in [0.1, 0.15) is 98.8 Å². The number of benzene rings is 3. The second-order valence-electron chi connectivity index (χ2n) is 10.2. The van der Waals surface area contributed by atoms with E-state index < -0.39 is 11.8 Å². The number of carbonyl (C=O) groups excluding carboxylic acids is 2. The first-order chi connectivity index (χ1) is 20.6. The highest BCUT2D eigenvalue weighted by Crippen LogP contribution is 2.22. The van der Waals surface area contributed by atoms with Gasteiger partial charge in [0.05, 0.1) is 24.6 Å². The van der Waals surface area contributed by atoms with E-state index in [1.54, 1.807) is 48.5 Å². The van der Waals surface area contributed by atoms with Crippen molar-refractivity contribution in [2.45, 2.75) is 78.1 Å². The van der Waals surface area contributed by atoms with Gasteiger partial charge in [-0.15, -0.1) is 0 Å². The van der Waals surface area contributed by atoms with Gasteiger partial charge in [-0.25, -0.2) is 0 Å². The Labute approximate surface area is 249 Å². The highest BCUT2D eigenvalue weighted by atomic mass is 16.5. The van der Waals surface area contributed by atoms with E-state index in [9.17, 15) is 9.59 Å². The quantitative estimate of drug-likeness (QED) is 0.0903. The summed E-state index contributed by atoms with van der Waals surface area (Å²) >= 11 is 0. The molecule has 0 heterocycles. The summed E-state index contributed by atoms with van der Waals surface area (Å²) in [6.45, 7) is 5.78. The first kappa shape index (κ1) is 32.3. The number of carbonyl (C=O) groups is 2. The van der Waals surface area contributed by atoms with Crippen LogP contribution in [0.2, 0.25) is 0 Å². The molecule has 8 heteroatoms. The molecule has 3 aromatic rings. The summed E-state index contributed by atoms with van der Waals surface area (Å²) in [4.78, 5) is 24.9. The second kappa shape index (κ2) is 19.0. The zero-order valence-electron chi connectivity index (χ0n) is 24.9. The van der Waals surface area contributed by atoms with E-state index in [1.165, 1.54) is 44.9 Å². The van der Waals surface area contributed by atoms with Crippen molar-refractivity contribution in [2.24, 2.45) is 10.2 Å². The highest BCUT2D eigenvalue weighted by molar-refractivity contribution is 5.99. The van der Waals surface area contributed by atoms with Gasteiger partial charge in [-0.05, 0) is 85.6 Å². The SMILES string of the molecule is CCCCCCCOc1ccc(N=Nc2ccc(C(=O)NNC(=O)c3ccc(OCCCCCCC)cc3)cc2)cc1. The third-order valence-corrected chi connectivity index (χ3v) is 6.69. The largest absolute Gasteiger partial charge is 0.494 e. The van der Waals surface area contributed by atoms with Crippen molar-refractivity contribution < 1.29 is 19.1 Å². The van der Waals surface area contributed by atoms with Gasteiger partial charge >= 0.3 is 0 Å². The van der Waals surface area contributed by atoms with Crippen molar-refractivity contribution in [3.8, 4) is 11.5 Å². The van der Waals surface area contributed by atoms with Gasteiger partial charge in [-0.3, -0.25) is 20.4 Å². The zero-order valence-corrected chi connectivity index (χ0v) is 24.9. The lowest BCUT2D eigenvalue weighted by Crippen LogP contribution is -2.41. The summed E-state index contributed by atoms with van der Waals surface area (Å²) < 4.78 is 11.5. The van der Waals surface area contributed by atoms with E-state index >= 15 is 0 Å². The van der Waals surface area contributed by atoms with Gasteiger partial charge in [0.15, 0.2) is 0 Å². The summed E-state index contributed by atoms with van der Waals surface area (Å²) in [5.41, 5.74) is 7.00. The average molecular weight is 573 g/mol. The number of hydrogen-bond donors (Lipinski definition) is 2. The highest BCUT2D eigenvalue weighted by Gasteiger charge is 2.10. The van der Waals surface area contributed by atoms with Crippen LogP contribution in [0.3, 0.4) is 0 Å². The molecule has 0 radical (unpaired) electrons. The van der Waals surface area contributed by atoms with E-state index in [4.69, 9.17) is 9.47 Å². The van der Waals surface area contributed by atoms with Gasteiger partial charge in [0, 0.05) is 11.1 Å². The lowest BCUT2D eigenvalue weighted by atomic mass is 10.2. The Kier molecular flexibility index (Phi) is 14.6. The number of azo groups is 1. The zero-order chi connectivity index (χ0) is 29.8. The molecule has 0 aliphatic carbocycles. The number of nitrogens with zero attached hydrogens (tertiary/aromatic N) is 2. The molecule has 3 rings (SSSR count). The van der Waals surface area contributed by atoms with Crippen molar-refractivity contribution in [3.63, 3.8) is 0 Å². The molecule has 0 saturated heterocycles. The van der Waals surface area contributed by atoms with Crippen molar-refractivity contribution in [2.75, 3.05) is 13.2 Å². The van der Waals surface area contributed by atoms with E-state index in [0.717, 1.165) is 37.4 Å². The van der Waals surface area contributed by atoms with Crippen LogP contribution >= 0.6 is 0 Å². The monoisotopic (exact) mass is 572 g/mol. The van der Waals surface area contributed by atoms with Crippen molar-refractivity contribution in [1.82, 2.24) is 10.9 Å². The van der Waals surface area contributed by atoms with E-state index in [2.05, 4.69) is 34.9 Å². The molecule has 0 aliphatic heterocycles. The molecule has 2 N–H and O–H groups in total. The minimum atomic E-state index is -0.434. The van der Waals surface area contributed by atoms with Crippen LogP contribution in [0.15, 0.2) is 83.0 Å². The Bertz CT molecular complexity index is 1230. The summed E-state index contributed by atoms with van der Waals surface area (Å²) in [5, 5.41) is 8.49. The lowest BCUT2D eigenvalue weighted by molar-refractivity contribution is 0.0846. The molecule has 0 atom stereocenters. The topological polar surface area (TPSA) is 101 Å². The van der Waals surface area contributed by atoms with E-state index in [1.807, 2.05) is 24.3 Å². The Morgan fingerprint density at radius 3 is 1.31 bits per heavy atom. The molecule has 224 valence electrons. The standard InChI is InChI=1S/C34H44N4O4/c1-3-5-7-9-11-25-41-31-21-15-28(16-22-31)34(40)38-37-33(39)27-13-17-29(18-14-27)35-36-30-19-23-32(24-20-30)42-26-12-10-8-6-4-2/h13-24H,3-12,25-26H2,1-2H3,(H,37,39)(H,38,40). The Hall–Kier alpha value is -4.20. The molecule has 0 bridgehead atoms. The first-order valence-corrected chi connectivity index (χ1v) is 15.2. The molecule has 0 aromatic heterocycles. The summed E-state index contributed by atoms with van der Waals surface area (Å²) in [7, 11) is 0. The second-order valence-corrected chi connectivity index (χ2v) is 10.2. The Morgan fingerprint density at radius 2 is 0.881 bits per heavy atom. The van der Waals surface area contributed by atoms with Gasteiger partial charge in [0.25, 0.3) is 11.8 Å². The maximum Gasteiger partial charge on any atom is 0.269 e. The molecule has 8 nitrogen and oxygen atoms in total. The normalized spacial score (nSPS) is 10.9. The van der Waals surface area contributed by atoms with Gasteiger partial charge in [0.1, 0.15) is 11.5 Å². The molecular weight excluding hydrogens is 528 g/mol. The predicted molar refractivity (Wildman–Crippen MR) is 167 cm³/mol. The molecule has 42 heavy (non-hydrogen) atoms. The van der Waals surface area contributed by atoms with Crippen LogP contribution in [0.4, 0.5) is 11.4 Å². The predicted octanol–water partition coefficient (Wildman–Crippen LogP) is 8.88. The smallest absolute Gasteiger partial charge is 0.269 e. The third kappa shape index (κ3) is 12.1. The molecule has 3 aromatic carbocycles. The summed E-state index contributed by atoms with van der Waals surface area (Å²) in [6, 6.07) is 21.0. The maximum absolute atomic E-state index is 12.5. The van der Waals surface area contributed by atoms with Crippen LogP contribution in [0.25, 0.3) is 0 Å². The average Bonchev–Trinajstić information content (AvgIpc) is 3.03. The number of unbranched alkanes of at least 4 members (excludes halogenated alkanes) is 8. The minimum absolute atomic E-state index is 0.383. The molecule has 0 aliphatic rings. The molecule has 0 spiro atoms. The number of amides is 2. The number of hydrazine groups is 1. The number of hydrogen-bond acceptors (Lipinski definition) is 6. The van der Waals surface area contributed by atoms with Crippen molar-refractivity contribution in [3.05, 3.63) is 83.9 Å². The fourth-order valence-corrected chi connectivity index (χ4v) is 4.16. The Morgan fingerprint density at radius 1 is 0.524 bits per heavy atom. The molecular formula is C34H44N4O4. The summed E-state index contributed by atoms with van der Waals surface area (Å²) in [6.07, 6.45) is 11.9. The molecule has 0 unspecified atom stereocenters. The van der Waals surface area contributed by atoms with E-state index in [0.29, 0.717) is 29.1 Å². The van der Waals surface area contributed by atoms with Gasteiger partial charge in [-0.1, -0.05) is 65.2 Å². The Balaban J connectivity index is 1.38. The lowest BCUT2D eigenvalue weighted by Gasteiger charge is -2.09. The van der Waals surface area contributed by atoms with Gasteiger partial charge in [-0.2, -0.15) is 10.2 Å². The minimum Gasteiger partial charge on any atom is -0.494 e. The summed E-state index contributed by atoms with van der Waals surface area (Å²) in [5.74, 6) is 0.693. The van der Waals surface area contributed by atoms with Crippen LogP contribution in [-0.2, 0) is 0 Å². The van der Waals surface area contributed by atoms with Gasteiger partial charge in [0.2, 0.25) is 0 Å². The van der Waals surface area contributed by atoms with Gasteiger partial charge < -0.3 is 9.47 Å². The molecule has 0 fully saturated rings. The molecule has 2 amide bonds. The van der Waals surface area contributed by atoms with Crippen LogP contribution in [0.5, 0.6) is 11.5 Å².